The van der Waals surface area contributed by atoms with Crippen LogP contribution in [0.3, 0.4) is 0 Å². The van der Waals surface area contributed by atoms with Gasteiger partial charge >= 0.3 is 0 Å². The van der Waals surface area contributed by atoms with Crippen LogP contribution in [0.25, 0.3) is 10.1 Å². The van der Waals surface area contributed by atoms with E-state index in [1.54, 1.807) is 11.3 Å². The van der Waals surface area contributed by atoms with Crippen molar-refractivity contribution in [3.8, 4) is 0 Å². The highest BCUT2D eigenvalue weighted by atomic mass is 32.1. The molecule has 100 valence electrons. The Hall–Kier alpha value is -1.43. The smallest absolute Gasteiger partial charge is 0.225 e. The summed E-state index contributed by atoms with van der Waals surface area (Å²) in [5, 5.41) is 17.1. The quantitative estimate of drug-likeness (QED) is 0.788. The number of benzene rings is 1. The molecule has 19 heavy (non-hydrogen) atoms. The van der Waals surface area contributed by atoms with Crippen molar-refractivity contribution in [2.24, 2.45) is 5.92 Å². The third-order valence-electron chi connectivity index (χ3n) is 3.39. The van der Waals surface area contributed by atoms with Crippen LogP contribution in [0.1, 0.15) is 11.0 Å². The molecule has 1 saturated heterocycles. The second-order valence-corrected chi connectivity index (χ2v) is 5.92. The van der Waals surface area contributed by atoms with Gasteiger partial charge in [-0.1, -0.05) is 18.2 Å². The van der Waals surface area contributed by atoms with E-state index >= 15 is 0 Å². The second-order valence-electron chi connectivity index (χ2n) is 4.80. The van der Waals surface area contributed by atoms with Crippen molar-refractivity contribution in [2.75, 3.05) is 19.6 Å². The van der Waals surface area contributed by atoms with E-state index in [9.17, 15) is 9.90 Å². The fraction of sp³-hybridized carbons (Fsp3) is 0.357. The lowest BCUT2D eigenvalue weighted by molar-refractivity contribution is -0.126. The monoisotopic (exact) mass is 276 g/mol. The molecule has 1 aromatic carbocycles. The molecular weight excluding hydrogens is 260 g/mol. The Bertz CT molecular complexity index is 559. The molecule has 0 aliphatic carbocycles. The number of aliphatic hydroxyl groups excluding tert-OH is 1. The Kier molecular flexibility index (Phi) is 3.50. The van der Waals surface area contributed by atoms with Crippen molar-refractivity contribution in [3.63, 3.8) is 0 Å². The van der Waals surface area contributed by atoms with E-state index in [0.717, 1.165) is 28.1 Å². The summed E-state index contributed by atoms with van der Waals surface area (Å²) in [6, 6.07) is 10.0. The maximum atomic E-state index is 11.7. The molecule has 1 fully saturated rings. The summed E-state index contributed by atoms with van der Waals surface area (Å²) >= 11 is 1.57. The van der Waals surface area contributed by atoms with E-state index < -0.39 is 6.10 Å². The van der Waals surface area contributed by atoms with Gasteiger partial charge in [0.15, 0.2) is 0 Å². The molecule has 2 aromatic rings. The summed E-state index contributed by atoms with van der Waals surface area (Å²) < 4.78 is 1.16. The SMILES string of the molecule is O=C(NCC(O)c1cc2ccccc2s1)C1CNC1. The molecule has 1 aromatic heterocycles. The zero-order chi connectivity index (χ0) is 13.2. The van der Waals surface area contributed by atoms with Crippen molar-refractivity contribution in [2.45, 2.75) is 6.10 Å². The third-order valence-corrected chi connectivity index (χ3v) is 4.61. The summed E-state index contributed by atoms with van der Waals surface area (Å²) in [5.41, 5.74) is 0. The minimum absolute atomic E-state index is 0.0268. The number of fused-ring (bicyclic) bond motifs is 1. The van der Waals surface area contributed by atoms with Gasteiger partial charge in [0.1, 0.15) is 6.10 Å². The van der Waals surface area contributed by atoms with Crippen LogP contribution in [-0.4, -0.2) is 30.6 Å². The zero-order valence-corrected chi connectivity index (χ0v) is 11.2. The van der Waals surface area contributed by atoms with Gasteiger partial charge in [-0.15, -0.1) is 11.3 Å². The van der Waals surface area contributed by atoms with Crippen LogP contribution in [0.15, 0.2) is 30.3 Å². The van der Waals surface area contributed by atoms with Gasteiger partial charge in [0, 0.05) is 29.2 Å². The number of rotatable bonds is 4. The summed E-state index contributed by atoms with van der Waals surface area (Å²) in [6.07, 6.45) is -0.630. The molecule has 1 aliphatic rings. The van der Waals surface area contributed by atoms with Crippen molar-refractivity contribution in [3.05, 3.63) is 35.2 Å². The lowest BCUT2D eigenvalue weighted by Gasteiger charge is -2.26. The molecule has 0 radical (unpaired) electrons. The first-order chi connectivity index (χ1) is 9.24. The van der Waals surface area contributed by atoms with Crippen LogP contribution >= 0.6 is 11.3 Å². The number of aliphatic hydroxyl groups is 1. The largest absolute Gasteiger partial charge is 0.386 e. The minimum Gasteiger partial charge on any atom is -0.386 e. The highest BCUT2D eigenvalue weighted by Gasteiger charge is 2.25. The summed E-state index contributed by atoms with van der Waals surface area (Å²) in [4.78, 5) is 12.6. The number of carbonyl (C=O) groups is 1. The molecule has 1 atom stereocenters. The molecule has 0 spiro atoms. The third kappa shape index (κ3) is 2.63. The second kappa shape index (κ2) is 5.28. The van der Waals surface area contributed by atoms with Gasteiger partial charge in [-0.05, 0) is 17.5 Å². The molecule has 0 bridgehead atoms. The Labute approximate surface area is 115 Å². The van der Waals surface area contributed by atoms with Crippen LogP contribution in [0, 0.1) is 5.92 Å². The highest BCUT2D eigenvalue weighted by Crippen LogP contribution is 2.29. The molecule has 1 unspecified atom stereocenters. The predicted octanol–water partition coefficient (Wildman–Crippen LogP) is 1.27. The van der Waals surface area contributed by atoms with E-state index in [2.05, 4.69) is 10.6 Å². The Morgan fingerprint density at radius 2 is 2.26 bits per heavy atom. The van der Waals surface area contributed by atoms with E-state index in [1.165, 1.54) is 0 Å². The average molecular weight is 276 g/mol. The minimum atomic E-state index is -0.630. The number of carbonyl (C=O) groups excluding carboxylic acids is 1. The van der Waals surface area contributed by atoms with Crippen LogP contribution in [0.5, 0.6) is 0 Å². The first-order valence-electron chi connectivity index (χ1n) is 6.39. The summed E-state index contributed by atoms with van der Waals surface area (Å²) in [6.45, 7) is 1.76. The molecule has 3 N–H and O–H groups in total. The molecule has 2 heterocycles. The Balaban J connectivity index is 1.62. The number of amides is 1. The van der Waals surface area contributed by atoms with Gasteiger partial charge in [0.2, 0.25) is 5.91 Å². The lowest BCUT2D eigenvalue weighted by atomic mass is 10.0. The van der Waals surface area contributed by atoms with E-state index in [1.807, 2.05) is 30.3 Å². The maximum Gasteiger partial charge on any atom is 0.225 e. The van der Waals surface area contributed by atoms with Gasteiger partial charge in [0.05, 0.1) is 5.92 Å². The predicted molar refractivity (Wildman–Crippen MR) is 76.2 cm³/mol. The van der Waals surface area contributed by atoms with E-state index in [-0.39, 0.29) is 18.4 Å². The van der Waals surface area contributed by atoms with Gasteiger partial charge in [0.25, 0.3) is 0 Å². The van der Waals surface area contributed by atoms with Gasteiger partial charge < -0.3 is 15.7 Å². The normalized spacial score (nSPS) is 17.1. The molecule has 4 nitrogen and oxygen atoms in total. The molecule has 5 heteroatoms. The average Bonchev–Trinajstić information content (AvgIpc) is 2.77. The van der Waals surface area contributed by atoms with Crippen molar-refractivity contribution >= 4 is 27.3 Å². The van der Waals surface area contributed by atoms with Crippen molar-refractivity contribution in [1.82, 2.24) is 10.6 Å². The number of hydrogen-bond donors (Lipinski definition) is 3. The van der Waals surface area contributed by atoms with Crippen LogP contribution in [0.4, 0.5) is 0 Å². The molecular formula is C14H16N2O2S. The van der Waals surface area contributed by atoms with Gasteiger partial charge in [-0.2, -0.15) is 0 Å². The van der Waals surface area contributed by atoms with Gasteiger partial charge in [-0.25, -0.2) is 0 Å². The molecule has 1 aliphatic heterocycles. The first kappa shape index (κ1) is 12.6. The van der Waals surface area contributed by atoms with Gasteiger partial charge in [-0.3, -0.25) is 4.79 Å². The van der Waals surface area contributed by atoms with E-state index in [4.69, 9.17) is 0 Å². The van der Waals surface area contributed by atoms with Crippen molar-refractivity contribution in [1.29, 1.82) is 0 Å². The number of thiophene rings is 1. The standard InChI is InChI=1S/C14H16N2O2S/c17-11(8-16-14(18)10-6-15-7-10)13-5-9-3-1-2-4-12(9)19-13/h1-5,10-11,15,17H,6-8H2,(H,16,18). The molecule has 3 rings (SSSR count). The number of hydrogen-bond acceptors (Lipinski definition) is 4. The van der Waals surface area contributed by atoms with Crippen LogP contribution < -0.4 is 10.6 Å². The molecule has 1 amide bonds. The topological polar surface area (TPSA) is 61.4 Å². The maximum absolute atomic E-state index is 11.7. The van der Waals surface area contributed by atoms with Crippen LogP contribution in [-0.2, 0) is 4.79 Å². The fourth-order valence-electron chi connectivity index (χ4n) is 2.08. The zero-order valence-electron chi connectivity index (χ0n) is 10.4. The van der Waals surface area contributed by atoms with Crippen LogP contribution in [0.2, 0.25) is 0 Å². The van der Waals surface area contributed by atoms with E-state index in [0.29, 0.717) is 0 Å². The summed E-state index contributed by atoms with van der Waals surface area (Å²) in [7, 11) is 0. The Morgan fingerprint density at radius 3 is 2.95 bits per heavy atom. The van der Waals surface area contributed by atoms with Crippen molar-refractivity contribution < 1.29 is 9.90 Å². The first-order valence-corrected chi connectivity index (χ1v) is 7.20. The lowest BCUT2D eigenvalue weighted by Crippen LogP contribution is -2.51. The Morgan fingerprint density at radius 1 is 1.47 bits per heavy atom. The highest BCUT2D eigenvalue weighted by molar-refractivity contribution is 7.19. The summed E-state index contributed by atoms with van der Waals surface area (Å²) in [5.74, 6) is 0.0912. The fourth-order valence-corrected chi connectivity index (χ4v) is 3.13. The molecule has 0 saturated carbocycles. The number of nitrogens with one attached hydrogen (secondary N) is 2.